The molecule has 0 radical (unpaired) electrons. The number of carbonyl (C=O) groups is 1. The zero-order valence-electron chi connectivity index (χ0n) is 11.9. The van der Waals surface area contributed by atoms with Crippen LogP contribution in [-0.2, 0) is 4.74 Å². The fraction of sp³-hybridized carbons (Fsp3) is 0.562. The number of benzene rings is 1. The number of ketones is 1. The number of hydrogen-bond acceptors (Lipinski definition) is 3. The van der Waals surface area contributed by atoms with Gasteiger partial charge in [0.2, 0.25) is 0 Å². The Balaban J connectivity index is 2.07. The molecule has 1 aliphatic heterocycles. The van der Waals surface area contributed by atoms with E-state index in [4.69, 9.17) is 9.47 Å². The molecule has 1 aromatic carbocycles. The van der Waals surface area contributed by atoms with E-state index < -0.39 is 0 Å². The maximum absolute atomic E-state index is 12.4. The van der Waals surface area contributed by atoms with Crippen molar-refractivity contribution in [3.63, 3.8) is 0 Å². The van der Waals surface area contributed by atoms with Crippen molar-refractivity contribution in [2.45, 2.75) is 45.8 Å². The summed E-state index contributed by atoms with van der Waals surface area (Å²) in [5, 5.41) is 0. The minimum atomic E-state index is 0.0156. The predicted octanol–water partition coefficient (Wildman–Crippen LogP) is 3.47. The lowest BCUT2D eigenvalue weighted by atomic mass is 9.90. The van der Waals surface area contributed by atoms with Gasteiger partial charge in [-0.05, 0) is 51.0 Å². The Morgan fingerprint density at radius 3 is 2.63 bits per heavy atom. The molecule has 0 amide bonds. The van der Waals surface area contributed by atoms with E-state index in [-0.39, 0.29) is 23.9 Å². The van der Waals surface area contributed by atoms with Crippen LogP contribution in [0.25, 0.3) is 0 Å². The predicted molar refractivity (Wildman–Crippen MR) is 74.7 cm³/mol. The maximum atomic E-state index is 12.4. The Morgan fingerprint density at radius 2 is 2.05 bits per heavy atom. The quantitative estimate of drug-likeness (QED) is 0.762. The zero-order valence-corrected chi connectivity index (χ0v) is 11.9. The van der Waals surface area contributed by atoms with Gasteiger partial charge in [0.25, 0.3) is 0 Å². The van der Waals surface area contributed by atoms with Crippen molar-refractivity contribution in [1.82, 2.24) is 0 Å². The Kier molecular flexibility index (Phi) is 4.59. The Hall–Kier alpha value is -1.35. The molecule has 1 saturated heterocycles. The number of hydrogen-bond donors (Lipinski definition) is 0. The van der Waals surface area contributed by atoms with E-state index in [1.54, 1.807) is 0 Å². The van der Waals surface area contributed by atoms with E-state index in [0.29, 0.717) is 6.61 Å². The summed E-state index contributed by atoms with van der Waals surface area (Å²) in [6.07, 6.45) is 1.96. The third-order valence-corrected chi connectivity index (χ3v) is 3.46. The second-order valence-electron chi connectivity index (χ2n) is 5.27. The highest BCUT2D eigenvalue weighted by Crippen LogP contribution is 2.27. The third-order valence-electron chi connectivity index (χ3n) is 3.46. The van der Waals surface area contributed by atoms with Crippen LogP contribution in [0.2, 0.25) is 0 Å². The summed E-state index contributed by atoms with van der Waals surface area (Å²) in [7, 11) is 0. The molecule has 2 atom stereocenters. The molecular formula is C16H22O3. The molecule has 0 aliphatic carbocycles. The van der Waals surface area contributed by atoms with Gasteiger partial charge in [0, 0.05) is 12.2 Å². The zero-order chi connectivity index (χ0) is 13.8. The Labute approximate surface area is 114 Å². The molecule has 0 N–H and O–H groups in total. The van der Waals surface area contributed by atoms with Crippen molar-refractivity contribution in [2.24, 2.45) is 5.92 Å². The van der Waals surface area contributed by atoms with Crippen molar-refractivity contribution >= 4 is 5.78 Å². The van der Waals surface area contributed by atoms with Gasteiger partial charge < -0.3 is 9.47 Å². The van der Waals surface area contributed by atoms with Crippen molar-refractivity contribution < 1.29 is 14.3 Å². The largest absolute Gasteiger partial charge is 0.491 e. The van der Waals surface area contributed by atoms with Gasteiger partial charge in [0.05, 0.1) is 18.1 Å². The first kappa shape index (κ1) is 14.1. The highest BCUT2D eigenvalue weighted by atomic mass is 16.5. The highest BCUT2D eigenvalue weighted by molar-refractivity contribution is 5.98. The van der Waals surface area contributed by atoms with Gasteiger partial charge in [0.15, 0.2) is 5.78 Å². The van der Waals surface area contributed by atoms with Crippen LogP contribution in [0.1, 0.15) is 44.0 Å². The molecule has 2 rings (SSSR count). The molecule has 3 heteroatoms. The number of rotatable bonds is 5. The van der Waals surface area contributed by atoms with E-state index in [1.807, 2.05) is 38.1 Å². The summed E-state index contributed by atoms with van der Waals surface area (Å²) in [6.45, 7) is 6.74. The second-order valence-corrected chi connectivity index (χ2v) is 5.27. The fourth-order valence-electron chi connectivity index (χ4n) is 2.53. The van der Waals surface area contributed by atoms with Crippen molar-refractivity contribution in [3.8, 4) is 5.75 Å². The van der Waals surface area contributed by atoms with E-state index in [9.17, 15) is 4.79 Å². The topological polar surface area (TPSA) is 35.5 Å². The third kappa shape index (κ3) is 3.35. The summed E-state index contributed by atoms with van der Waals surface area (Å²) in [6, 6.07) is 7.43. The van der Waals surface area contributed by atoms with Gasteiger partial charge >= 0.3 is 0 Å². The SMILES string of the molecule is CCC1OCCC1C(=O)c1ccc(OC(C)C)cc1. The summed E-state index contributed by atoms with van der Waals surface area (Å²) in [5.41, 5.74) is 0.755. The molecule has 1 fully saturated rings. The van der Waals surface area contributed by atoms with Gasteiger partial charge in [-0.25, -0.2) is 0 Å². The summed E-state index contributed by atoms with van der Waals surface area (Å²) < 4.78 is 11.2. The lowest BCUT2D eigenvalue weighted by Crippen LogP contribution is -2.23. The maximum Gasteiger partial charge on any atom is 0.168 e. The normalized spacial score (nSPS) is 22.7. The Bertz CT molecular complexity index is 422. The van der Waals surface area contributed by atoms with Crippen LogP contribution in [0.15, 0.2) is 24.3 Å². The van der Waals surface area contributed by atoms with Gasteiger partial charge in [-0.3, -0.25) is 4.79 Å². The first-order valence-electron chi connectivity index (χ1n) is 7.04. The van der Waals surface area contributed by atoms with E-state index in [1.165, 1.54) is 0 Å². The molecule has 0 spiro atoms. The molecule has 0 bridgehead atoms. The van der Waals surface area contributed by atoms with E-state index in [0.717, 1.165) is 24.2 Å². The van der Waals surface area contributed by atoms with Gasteiger partial charge in [0.1, 0.15) is 5.75 Å². The molecule has 0 aromatic heterocycles. The molecule has 0 saturated carbocycles. The van der Waals surface area contributed by atoms with Gasteiger partial charge in [-0.15, -0.1) is 0 Å². The van der Waals surface area contributed by atoms with Crippen molar-refractivity contribution in [2.75, 3.05) is 6.61 Å². The monoisotopic (exact) mass is 262 g/mol. The molecular weight excluding hydrogens is 240 g/mol. The molecule has 104 valence electrons. The molecule has 2 unspecified atom stereocenters. The first-order valence-corrected chi connectivity index (χ1v) is 7.04. The van der Waals surface area contributed by atoms with Crippen LogP contribution >= 0.6 is 0 Å². The lowest BCUT2D eigenvalue weighted by Gasteiger charge is -2.16. The van der Waals surface area contributed by atoms with Crippen molar-refractivity contribution in [3.05, 3.63) is 29.8 Å². The highest BCUT2D eigenvalue weighted by Gasteiger charge is 2.33. The van der Waals surface area contributed by atoms with Crippen LogP contribution in [0.3, 0.4) is 0 Å². The molecule has 1 heterocycles. The Morgan fingerprint density at radius 1 is 1.37 bits per heavy atom. The van der Waals surface area contributed by atoms with E-state index >= 15 is 0 Å². The average Bonchev–Trinajstić information content (AvgIpc) is 2.86. The van der Waals surface area contributed by atoms with Crippen LogP contribution in [-0.4, -0.2) is 24.6 Å². The minimum absolute atomic E-state index is 0.0156. The average molecular weight is 262 g/mol. The van der Waals surface area contributed by atoms with Crippen LogP contribution in [0, 0.1) is 5.92 Å². The summed E-state index contributed by atoms with van der Waals surface area (Å²) in [4.78, 5) is 12.4. The smallest absolute Gasteiger partial charge is 0.168 e. The standard InChI is InChI=1S/C16H22O3/c1-4-15-14(9-10-18-15)16(17)12-5-7-13(8-6-12)19-11(2)3/h5-8,11,14-15H,4,9-10H2,1-3H3. The molecule has 1 aliphatic rings. The number of carbonyl (C=O) groups excluding carboxylic acids is 1. The minimum Gasteiger partial charge on any atom is -0.491 e. The van der Waals surface area contributed by atoms with Crippen LogP contribution < -0.4 is 4.74 Å². The molecule has 19 heavy (non-hydrogen) atoms. The molecule has 1 aromatic rings. The lowest BCUT2D eigenvalue weighted by molar-refractivity contribution is 0.0689. The van der Waals surface area contributed by atoms with E-state index in [2.05, 4.69) is 6.92 Å². The summed E-state index contributed by atoms with van der Waals surface area (Å²) >= 11 is 0. The van der Waals surface area contributed by atoms with Gasteiger partial charge in [-0.2, -0.15) is 0 Å². The first-order chi connectivity index (χ1) is 9.11. The van der Waals surface area contributed by atoms with Gasteiger partial charge in [-0.1, -0.05) is 6.92 Å². The van der Waals surface area contributed by atoms with Crippen molar-refractivity contribution in [1.29, 1.82) is 0 Å². The fourth-order valence-corrected chi connectivity index (χ4v) is 2.53. The van der Waals surface area contributed by atoms with Crippen LogP contribution in [0.4, 0.5) is 0 Å². The molecule has 3 nitrogen and oxygen atoms in total. The second kappa shape index (κ2) is 6.20. The summed E-state index contributed by atoms with van der Waals surface area (Å²) in [5.74, 6) is 1.02. The number of ether oxygens (including phenoxy) is 2. The number of Topliss-reactive ketones (excluding diaryl/α,β-unsaturated/α-hetero) is 1. The van der Waals surface area contributed by atoms with Crippen LogP contribution in [0.5, 0.6) is 5.75 Å².